The van der Waals surface area contributed by atoms with Gasteiger partial charge in [0.25, 0.3) is 0 Å². The smallest absolute Gasteiger partial charge is 0.317 e. The molecule has 2 heterocycles. The van der Waals surface area contributed by atoms with Gasteiger partial charge in [0, 0.05) is 26.2 Å². The van der Waals surface area contributed by atoms with Crippen LogP contribution in [0, 0.1) is 0 Å². The van der Waals surface area contributed by atoms with Crippen molar-refractivity contribution < 1.29 is 9.53 Å². The Morgan fingerprint density at radius 3 is 3.00 bits per heavy atom. The fourth-order valence-corrected chi connectivity index (χ4v) is 2.25. The van der Waals surface area contributed by atoms with E-state index >= 15 is 0 Å². The Bertz CT molecular complexity index is 235. The van der Waals surface area contributed by atoms with Gasteiger partial charge in [0.15, 0.2) is 0 Å². The predicted octanol–water partition coefficient (Wildman–Crippen LogP) is 0.169. The van der Waals surface area contributed by atoms with Gasteiger partial charge in [-0.05, 0) is 25.8 Å². The monoisotopic (exact) mass is 227 g/mol. The summed E-state index contributed by atoms with van der Waals surface area (Å²) in [5, 5.41) is 6.33. The number of nitrogens with one attached hydrogen (secondary N) is 2. The Morgan fingerprint density at radius 1 is 1.50 bits per heavy atom. The van der Waals surface area contributed by atoms with Crippen molar-refractivity contribution in [2.24, 2.45) is 0 Å². The maximum atomic E-state index is 11.9. The molecule has 0 aromatic heterocycles. The number of ether oxygens (including phenoxy) is 1. The van der Waals surface area contributed by atoms with Crippen LogP contribution in [-0.4, -0.2) is 56.4 Å². The van der Waals surface area contributed by atoms with Crippen LogP contribution in [0.3, 0.4) is 0 Å². The molecule has 92 valence electrons. The molecular weight excluding hydrogens is 206 g/mol. The molecule has 2 N–H and O–H groups in total. The minimum atomic E-state index is 0.0317. The van der Waals surface area contributed by atoms with E-state index in [1.54, 1.807) is 0 Å². The van der Waals surface area contributed by atoms with Crippen LogP contribution in [0.25, 0.3) is 0 Å². The number of carbonyl (C=O) groups is 1. The highest BCUT2D eigenvalue weighted by atomic mass is 16.5. The van der Waals surface area contributed by atoms with Crippen LogP contribution in [0.5, 0.6) is 0 Å². The second-order valence-electron chi connectivity index (χ2n) is 4.62. The number of likely N-dealkylation sites (N-methyl/N-ethyl adjacent to an activating group) is 1. The largest absolute Gasteiger partial charge is 0.379 e. The second kappa shape index (κ2) is 5.50. The summed E-state index contributed by atoms with van der Waals surface area (Å²) in [6, 6.07) is 0.562. The maximum absolute atomic E-state index is 11.9. The van der Waals surface area contributed by atoms with Crippen LogP contribution < -0.4 is 10.6 Å². The lowest BCUT2D eigenvalue weighted by atomic mass is 10.1. The molecule has 2 atom stereocenters. The number of amides is 2. The van der Waals surface area contributed by atoms with E-state index < -0.39 is 0 Å². The molecule has 0 bridgehead atoms. The average Bonchev–Trinajstić information content (AvgIpc) is 2.82. The molecule has 0 saturated carbocycles. The van der Waals surface area contributed by atoms with E-state index in [0.717, 1.165) is 39.0 Å². The van der Waals surface area contributed by atoms with E-state index in [-0.39, 0.29) is 12.1 Å². The Hall–Kier alpha value is -0.810. The van der Waals surface area contributed by atoms with E-state index in [2.05, 4.69) is 10.6 Å². The van der Waals surface area contributed by atoms with Crippen molar-refractivity contribution in [2.75, 3.05) is 33.4 Å². The molecule has 2 aliphatic rings. The third-order valence-electron chi connectivity index (χ3n) is 3.40. The Balaban J connectivity index is 1.78. The Morgan fingerprint density at radius 2 is 2.38 bits per heavy atom. The fraction of sp³-hybridized carbons (Fsp3) is 0.909. The van der Waals surface area contributed by atoms with Crippen molar-refractivity contribution >= 4 is 6.03 Å². The number of carbonyl (C=O) groups excluding carboxylic acids is 1. The molecule has 5 heteroatoms. The molecule has 0 spiro atoms. The predicted molar refractivity (Wildman–Crippen MR) is 61.4 cm³/mol. The molecule has 2 fully saturated rings. The molecule has 2 saturated heterocycles. The summed E-state index contributed by atoms with van der Waals surface area (Å²) in [5.41, 5.74) is 0. The van der Waals surface area contributed by atoms with Crippen molar-refractivity contribution in [3.63, 3.8) is 0 Å². The normalized spacial score (nSPS) is 30.1. The lowest BCUT2D eigenvalue weighted by molar-refractivity contribution is 0.167. The number of hydrogen-bond acceptors (Lipinski definition) is 3. The van der Waals surface area contributed by atoms with Crippen LogP contribution >= 0.6 is 0 Å². The van der Waals surface area contributed by atoms with E-state index in [0.29, 0.717) is 12.6 Å². The first-order valence-corrected chi connectivity index (χ1v) is 6.09. The second-order valence-corrected chi connectivity index (χ2v) is 4.62. The van der Waals surface area contributed by atoms with Gasteiger partial charge in [0.2, 0.25) is 0 Å². The zero-order valence-electron chi connectivity index (χ0n) is 9.87. The lowest BCUT2D eigenvalue weighted by Gasteiger charge is -2.32. The molecule has 2 rings (SSSR count). The van der Waals surface area contributed by atoms with Gasteiger partial charge in [-0.3, -0.25) is 0 Å². The minimum Gasteiger partial charge on any atom is -0.379 e. The van der Waals surface area contributed by atoms with Gasteiger partial charge in [0.1, 0.15) is 0 Å². The van der Waals surface area contributed by atoms with Crippen LogP contribution in [0.2, 0.25) is 0 Å². The highest BCUT2D eigenvalue weighted by Gasteiger charge is 2.24. The molecule has 0 radical (unpaired) electrons. The van der Waals surface area contributed by atoms with Crippen LogP contribution in [0.1, 0.15) is 19.3 Å². The van der Waals surface area contributed by atoms with Gasteiger partial charge < -0.3 is 20.3 Å². The number of hydrogen-bond donors (Lipinski definition) is 2. The third-order valence-corrected chi connectivity index (χ3v) is 3.40. The van der Waals surface area contributed by atoms with Gasteiger partial charge in [0.05, 0.1) is 12.6 Å². The summed E-state index contributed by atoms with van der Waals surface area (Å²) < 4.78 is 5.24. The highest BCUT2D eigenvalue weighted by Crippen LogP contribution is 2.10. The standard InChI is InChI=1S/C11H21N3O2/c1-14(10-3-2-5-12-7-10)11(15)13-9-4-6-16-8-9/h9-10,12H,2-8H2,1H3,(H,13,15). The molecule has 16 heavy (non-hydrogen) atoms. The van der Waals surface area contributed by atoms with Crippen LogP contribution in [0.15, 0.2) is 0 Å². The molecule has 0 aliphatic carbocycles. The lowest BCUT2D eigenvalue weighted by Crippen LogP contribution is -2.52. The molecular formula is C11H21N3O2. The fourth-order valence-electron chi connectivity index (χ4n) is 2.25. The van der Waals surface area contributed by atoms with Gasteiger partial charge in [-0.1, -0.05) is 0 Å². The topological polar surface area (TPSA) is 53.6 Å². The number of urea groups is 1. The number of piperidine rings is 1. The average molecular weight is 227 g/mol. The molecule has 2 amide bonds. The first kappa shape index (κ1) is 11.7. The summed E-state index contributed by atoms with van der Waals surface area (Å²) in [5.74, 6) is 0. The summed E-state index contributed by atoms with van der Waals surface area (Å²) in [4.78, 5) is 13.8. The minimum absolute atomic E-state index is 0.0317. The molecule has 0 aromatic rings. The van der Waals surface area contributed by atoms with Gasteiger partial charge in [-0.15, -0.1) is 0 Å². The summed E-state index contributed by atoms with van der Waals surface area (Å²) in [6.07, 6.45) is 3.18. The number of rotatable bonds is 2. The Labute approximate surface area is 96.5 Å². The zero-order valence-corrected chi connectivity index (χ0v) is 9.87. The van der Waals surface area contributed by atoms with E-state index in [1.807, 2.05) is 11.9 Å². The van der Waals surface area contributed by atoms with Gasteiger partial charge in [-0.25, -0.2) is 4.79 Å². The molecule has 0 aromatic carbocycles. The zero-order chi connectivity index (χ0) is 11.4. The summed E-state index contributed by atoms with van der Waals surface area (Å²) >= 11 is 0. The van der Waals surface area contributed by atoms with Crippen molar-refractivity contribution in [3.8, 4) is 0 Å². The maximum Gasteiger partial charge on any atom is 0.317 e. The first-order chi connectivity index (χ1) is 7.77. The molecule has 5 nitrogen and oxygen atoms in total. The van der Waals surface area contributed by atoms with Gasteiger partial charge in [-0.2, -0.15) is 0 Å². The van der Waals surface area contributed by atoms with Crippen molar-refractivity contribution in [1.82, 2.24) is 15.5 Å². The van der Waals surface area contributed by atoms with Crippen molar-refractivity contribution in [1.29, 1.82) is 0 Å². The number of nitrogens with zero attached hydrogens (tertiary/aromatic N) is 1. The van der Waals surface area contributed by atoms with E-state index in [9.17, 15) is 4.79 Å². The SMILES string of the molecule is CN(C(=O)NC1CCOC1)C1CCCNC1. The summed E-state index contributed by atoms with van der Waals surface area (Å²) in [7, 11) is 1.88. The van der Waals surface area contributed by atoms with Crippen molar-refractivity contribution in [2.45, 2.75) is 31.3 Å². The molecule has 2 aliphatic heterocycles. The molecule has 2 unspecified atom stereocenters. The summed E-state index contributed by atoms with van der Waals surface area (Å²) in [6.45, 7) is 3.40. The van der Waals surface area contributed by atoms with Crippen LogP contribution in [-0.2, 0) is 4.74 Å². The highest BCUT2D eigenvalue weighted by molar-refractivity contribution is 5.74. The Kier molecular flexibility index (Phi) is 4.01. The first-order valence-electron chi connectivity index (χ1n) is 6.09. The van der Waals surface area contributed by atoms with Gasteiger partial charge >= 0.3 is 6.03 Å². The van der Waals surface area contributed by atoms with Crippen LogP contribution in [0.4, 0.5) is 4.79 Å². The van der Waals surface area contributed by atoms with Crippen molar-refractivity contribution in [3.05, 3.63) is 0 Å². The van der Waals surface area contributed by atoms with E-state index in [1.165, 1.54) is 0 Å². The van der Waals surface area contributed by atoms with E-state index in [4.69, 9.17) is 4.74 Å². The quantitative estimate of drug-likeness (QED) is 0.707. The third kappa shape index (κ3) is 2.86.